The van der Waals surface area contributed by atoms with Crippen LogP contribution in [0.5, 0.6) is 11.5 Å². The van der Waals surface area contributed by atoms with Crippen molar-refractivity contribution in [3.8, 4) is 11.5 Å². The number of carbonyl (C=O) groups excluding carboxylic acids is 1. The molecule has 40 heavy (non-hydrogen) atoms. The quantitative estimate of drug-likeness (QED) is 0.231. The lowest BCUT2D eigenvalue weighted by atomic mass is 9.93. The fraction of sp³-hybridized carbons (Fsp3) is 0.167. The van der Waals surface area contributed by atoms with Crippen LogP contribution in [0.1, 0.15) is 29.7 Å². The van der Waals surface area contributed by atoms with Crippen LogP contribution in [0.3, 0.4) is 0 Å². The topological polar surface area (TPSA) is 79.1 Å². The van der Waals surface area contributed by atoms with Gasteiger partial charge in [-0.05, 0) is 48.6 Å². The summed E-state index contributed by atoms with van der Waals surface area (Å²) in [6.07, 6.45) is 3.72. The molecule has 0 fully saturated rings. The number of benzene rings is 3. The highest BCUT2D eigenvalue weighted by Gasteiger charge is 2.35. The third kappa shape index (κ3) is 4.74. The zero-order valence-electron chi connectivity index (χ0n) is 21.5. The Morgan fingerprint density at radius 2 is 1.88 bits per heavy atom. The monoisotopic (exact) mass is 590 g/mol. The number of rotatable bonds is 6. The molecular weight excluding hydrogens is 568 g/mol. The van der Waals surface area contributed by atoms with E-state index in [0.29, 0.717) is 42.7 Å². The van der Waals surface area contributed by atoms with Crippen molar-refractivity contribution in [2.45, 2.75) is 17.9 Å². The number of esters is 1. The summed E-state index contributed by atoms with van der Waals surface area (Å²) < 4.78 is 18.4. The van der Waals surface area contributed by atoms with Gasteiger partial charge < -0.3 is 14.2 Å². The summed E-state index contributed by atoms with van der Waals surface area (Å²) in [7, 11) is 0. The Hall–Kier alpha value is -3.79. The molecule has 3 heterocycles. The highest BCUT2D eigenvalue weighted by molar-refractivity contribution is 7.98. The van der Waals surface area contributed by atoms with Crippen molar-refractivity contribution < 1.29 is 19.0 Å². The highest BCUT2D eigenvalue weighted by atomic mass is 35.5. The van der Waals surface area contributed by atoms with E-state index < -0.39 is 12.0 Å². The van der Waals surface area contributed by atoms with E-state index in [1.54, 1.807) is 41.5 Å². The summed E-state index contributed by atoms with van der Waals surface area (Å²) in [4.78, 5) is 34.0. The largest absolute Gasteiger partial charge is 0.463 e. The van der Waals surface area contributed by atoms with Crippen LogP contribution >= 0.6 is 34.7 Å². The first kappa shape index (κ1) is 26.4. The minimum atomic E-state index is -0.740. The van der Waals surface area contributed by atoms with Gasteiger partial charge in [0.15, 0.2) is 16.3 Å². The molecule has 6 rings (SSSR count). The molecule has 0 amide bonds. The molecule has 1 aromatic heterocycles. The molecule has 0 radical (unpaired) electrons. The predicted molar refractivity (Wildman–Crippen MR) is 157 cm³/mol. The van der Waals surface area contributed by atoms with Gasteiger partial charge in [0.1, 0.15) is 0 Å². The molecule has 0 N–H and O–H groups in total. The van der Waals surface area contributed by atoms with Crippen LogP contribution in [0.15, 0.2) is 87.0 Å². The second kappa shape index (κ2) is 11.0. The lowest BCUT2D eigenvalue weighted by Gasteiger charge is -2.26. The number of aromatic nitrogens is 1. The molecule has 0 aliphatic carbocycles. The van der Waals surface area contributed by atoms with Crippen molar-refractivity contribution in [1.82, 2.24) is 4.57 Å². The molecule has 0 saturated heterocycles. The van der Waals surface area contributed by atoms with Crippen molar-refractivity contribution in [1.29, 1.82) is 0 Å². The number of thiazole rings is 1. The maximum absolute atomic E-state index is 14.0. The van der Waals surface area contributed by atoms with Gasteiger partial charge in [-0.2, -0.15) is 0 Å². The van der Waals surface area contributed by atoms with Gasteiger partial charge in [-0.25, -0.2) is 9.79 Å². The fourth-order valence-electron chi connectivity index (χ4n) is 4.73. The first-order chi connectivity index (χ1) is 19.5. The summed E-state index contributed by atoms with van der Waals surface area (Å²) in [5, 5.41) is 0.427. The van der Waals surface area contributed by atoms with Gasteiger partial charge in [-0.15, -0.1) is 11.8 Å². The Kier molecular flexibility index (Phi) is 7.27. The molecule has 7 nitrogen and oxygen atoms in total. The Morgan fingerprint density at radius 1 is 1.15 bits per heavy atom. The molecular formula is C30H23ClN2O5S2. The van der Waals surface area contributed by atoms with Gasteiger partial charge in [-0.3, -0.25) is 9.36 Å². The van der Waals surface area contributed by atoms with Crippen LogP contribution in [0.4, 0.5) is 0 Å². The molecule has 4 aromatic rings. The standard InChI is InChI=1S/C30H23ClN2O5S2/c1-3-36-29(35)25-26(17-7-5-4-6-8-17)32-30-33(27(25)18-9-11-20(39-2)12-10-18)28(34)24(40-30)14-19-13-22-23(15-21(19)31)38-16-37-22/h4-15,27H,3,16H2,1-2H3/b24-14+/t27-/m1/s1. The van der Waals surface area contributed by atoms with Crippen molar-refractivity contribution in [3.05, 3.63) is 114 Å². The van der Waals surface area contributed by atoms with Crippen molar-refractivity contribution in [3.63, 3.8) is 0 Å². The van der Waals surface area contributed by atoms with Crippen molar-refractivity contribution in [2.75, 3.05) is 19.7 Å². The molecule has 202 valence electrons. The number of fused-ring (bicyclic) bond motifs is 2. The lowest BCUT2D eigenvalue weighted by molar-refractivity contribution is -0.138. The van der Waals surface area contributed by atoms with Crippen LogP contribution in [0, 0.1) is 0 Å². The molecule has 0 bridgehead atoms. The number of halogens is 1. The third-order valence-corrected chi connectivity index (χ3v) is 8.64. The molecule has 2 aliphatic heterocycles. The van der Waals surface area contributed by atoms with E-state index in [2.05, 4.69) is 0 Å². The first-order valence-electron chi connectivity index (χ1n) is 12.5. The van der Waals surface area contributed by atoms with E-state index in [4.69, 9.17) is 30.8 Å². The summed E-state index contributed by atoms with van der Waals surface area (Å²) in [6.45, 7) is 2.06. The maximum Gasteiger partial charge on any atom is 0.338 e. The summed E-state index contributed by atoms with van der Waals surface area (Å²) in [5.41, 5.74) is 2.65. The van der Waals surface area contributed by atoms with Crippen LogP contribution in [0.2, 0.25) is 5.02 Å². The Bertz CT molecular complexity index is 1830. The van der Waals surface area contributed by atoms with Gasteiger partial charge in [0, 0.05) is 16.5 Å². The summed E-state index contributed by atoms with van der Waals surface area (Å²) >= 11 is 9.38. The molecule has 10 heteroatoms. The predicted octanol–water partition coefficient (Wildman–Crippen LogP) is 5.04. The maximum atomic E-state index is 14.0. The minimum absolute atomic E-state index is 0.117. The van der Waals surface area contributed by atoms with E-state index in [-0.39, 0.29) is 19.0 Å². The number of thioether (sulfide) groups is 1. The van der Waals surface area contributed by atoms with E-state index in [1.807, 2.05) is 60.9 Å². The average molecular weight is 591 g/mol. The number of hydrogen-bond acceptors (Lipinski definition) is 8. The zero-order valence-corrected chi connectivity index (χ0v) is 23.9. The normalized spacial score (nSPS) is 16.1. The second-order valence-electron chi connectivity index (χ2n) is 8.93. The first-order valence-corrected chi connectivity index (χ1v) is 14.9. The molecule has 0 unspecified atom stereocenters. The Balaban J connectivity index is 1.62. The smallest absolute Gasteiger partial charge is 0.338 e. The number of ether oxygens (including phenoxy) is 3. The minimum Gasteiger partial charge on any atom is -0.463 e. The summed E-state index contributed by atoms with van der Waals surface area (Å²) in [6, 6.07) is 20.0. The van der Waals surface area contributed by atoms with Gasteiger partial charge >= 0.3 is 5.97 Å². The molecule has 2 aliphatic rings. The number of hydrogen-bond donors (Lipinski definition) is 0. The highest BCUT2D eigenvalue weighted by Crippen LogP contribution is 2.38. The van der Waals surface area contributed by atoms with Crippen LogP contribution in [-0.2, 0) is 9.53 Å². The van der Waals surface area contributed by atoms with Crippen LogP contribution in [-0.4, -0.2) is 30.2 Å². The Labute approximate surface area is 243 Å². The Morgan fingerprint density at radius 3 is 2.58 bits per heavy atom. The van der Waals surface area contributed by atoms with Crippen molar-refractivity contribution in [2.24, 2.45) is 4.99 Å². The average Bonchev–Trinajstić information content (AvgIpc) is 3.56. The van der Waals surface area contributed by atoms with Gasteiger partial charge in [0.25, 0.3) is 5.56 Å². The van der Waals surface area contributed by atoms with E-state index in [0.717, 1.165) is 16.0 Å². The van der Waals surface area contributed by atoms with Crippen LogP contribution < -0.4 is 24.4 Å². The molecule has 3 aromatic carbocycles. The van der Waals surface area contributed by atoms with Gasteiger partial charge in [0.05, 0.1) is 33.5 Å². The number of carbonyl (C=O) groups is 1. The SMILES string of the molecule is CCOC(=O)C1=C(c2ccccc2)N=c2s/c(=C/c3cc4c(cc3Cl)OCO4)c(=O)n2[C@@H]1c1ccc(SC)cc1. The van der Waals surface area contributed by atoms with E-state index in [9.17, 15) is 9.59 Å². The third-order valence-electron chi connectivity index (χ3n) is 6.58. The summed E-state index contributed by atoms with van der Waals surface area (Å²) in [5.74, 6) is 0.604. The number of nitrogens with zero attached hydrogens (tertiary/aromatic N) is 2. The fourth-order valence-corrected chi connectivity index (χ4v) is 6.34. The molecule has 1 atom stereocenters. The van der Waals surface area contributed by atoms with Crippen LogP contribution in [0.25, 0.3) is 11.8 Å². The van der Waals surface area contributed by atoms with E-state index in [1.165, 1.54) is 11.3 Å². The lowest BCUT2D eigenvalue weighted by Crippen LogP contribution is -2.40. The van der Waals surface area contributed by atoms with Gasteiger partial charge in [-0.1, -0.05) is 65.4 Å². The molecule has 0 saturated carbocycles. The zero-order chi connectivity index (χ0) is 27.8. The van der Waals surface area contributed by atoms with Crippen molar-refractivity contribution >= 4 is 52.4 Å². The van der Waals surface area contributed by atoms with E-state index >= 15 is 0 Å². The molecule has 0 spiro atoms. The van der Waals surface area contributed by atoms with Gasteiger partial charge in [0.2, 0.25) is 6.79 Å². The second-order valence-corrected chi connectivity index (χ2v) is 11.2.